The zero-order valence-corrected chi connectivity index (χ0v) is 9.12. The summed E-state index contributed by atoms with van der Waals surface area (Å²) < 4.78 is 5.00. The molecule has 4 heteroatoms. The Morgan fingerprint density at radius 2 is 2.21 bits per heavy atom. The Balaban J connectivity index is 3.81. The van der Waals surface area contributed by atoms with E-state index >= 15 is 0 Å². The molecular formula is C10H18N2O2. The second kappa shape index (κ2) is 7.34. The van der Waals surface area contributed by atoms with E-state index in [1.165, 1.54) is 0 Å². The highest BCUT2D eigenvalue weighted by atomic mass is 16.5. The van der Waals surface area contributed by atoms with Crippen LogP contribution in [-0.2, 0) is 9.53 Å². The van der Waals surface area contributed by atoms with E-state index in [4.69, 9.17) is 10.00 Å². The molecule has 0 aromatic heterocycles. The molecule has 4 nitrogen and oxygen atoms in total. The number of rotatable bonds is 6. The zero-order chi connectivity index (χ0) is 11.0. The van der Waals surface area contributed by atoms with Gasteiger partial charge in [0.15, 0.2) is 0 Å². The number of hydrogen-bond donors (Lipinski definition) is 0. The molecule has 0 heterocycles. The fourth-order valence-corrected chi connectivity index (χ4v) is 1.04. The number of nitriles is 1. The molecule has 0 N–H and O–H groups in total. The summed E-state index contributed by atoms with van der Waals surface area (Å²) in [5.74, 6) is -0.222. The van der Waals surface area contributed by atoms with Crippen LogP contribution in [0.25, 0.3) is 0 Å². The van der Waals surface area contributed by atoms with Gasteiger partial charge in [0.25, 0.3) is 0 Å². The Bertz CT molecular complexity index is 209. The van der Waals surface area contributed by atoms with Gasteiger partial charge in [0.1, 0.15) is 0 Å². The molecule has 0 bridgehead atoms. The molecule has 0 saturated carbocycles. The Kier molecular flexibility index (Phi) is 6.77. The van der Waals surface area contributed by atoms with E-state index in [1.54, 1.807) is 0 Å². The van der Waals surface area contributed by atoms with Crippen LogP contribution in [0.1, 0.15) is 27.2 Å². The summed E-state index contributed by atoms with van der Waals surface area (Å²) in [6.07, 6.45) is 0.375. The van der Waals surface area contributed by atoms with Crippen molar-refractivity contribution in [3.05, 3.63) is 0 Å². The molecule has 0 amide bonds. The summed E-state index contributed by atoms with van der Waals surface area (Å²) in [6.45, 7) is 7.26. The van der Waals surface area contributed by atoms with Crippen molar-refractivity contribution in [1.29, 1.82) is 5.26 Å². The van der Waals surface area contributed by atoms with Gasteiger partial charge in [-0.15, -0.1) is 0 Å². The minimum Gasteiger partial charge on any atom is -0.462 e. The van der Waals surface area contributed by atoms with Gasteiger partial charge in [0.05, 0.1) is 18.7 Å². The SMILES string of the molecule is CCN(CCC#N)CC(=O)OC(C)C. The van der Waals surface area contributed by atoms with E-state index in [0.29, 0.717) is 13.0 Å². The lowest BCUT2D eigenvalue weighted by molar-refractivity contribution is -0.148. The van der Waals surface area contributed by atoms with Crippen molar-refractivity contribution in [2.24, 2.45) is 0 Å². The lowest BCUT2D eigenvalue weighted by atomic mass is 10.4. The second-order valence-electron chi connectivity index (χ2n) is 3.32. The van der Waals surface area contributed by atoms with Gasteiger partial charge in [0.2, 0.25) is 0 Å². The third-order valence-corrected chi connectivity index (χ3v) is 1.71. The number of carbonyl (C=O) groups is 1. The minimum absolute atomic E-state index is 0.0721. The number of nitrogens with zero attached hydrogens (tertiary/aromatic N) is 2. The smallest absolute Gasteiger partial charge is 0.320 e. The van der Waals surface area contributed by atoms with Crippen molar-refractivity contribution in [3.63, 3.8) is 0 Å². The molecule has 0 aliphatic heterocycles. The van der Waals surface area contributed by atoms with Crippen molar-refractivity contribution in [2.75, 3.05) is 19.6 Å². The third-order valence-electron chi connectivity index (χ3n) is 1.71. The van der Waals surface area contributed by atoms with E-state index in [9.17, 15) is 4.79 Å². The van der Waals surface area contributed by atoms with Crippen molar-refractivity contribution < 1.29 is 9.53 Å². The van der Waals surface area contributed by atoms with Crippen LogP contribution in [0, 0.1) is 11.3 Å². The summed E-state index contributed by atoms with van der Waals surface area (Å²) in [4.78, 5) is 13.1. The molecule has 0 aliphatic carbocycles. The summed E-state index contributed by atoms with van der Waals surface area (Å²) in [5.41, 5.74) is 0. The highest BCUT2D eigenvalue weighted by Gasteiger charge is 2.10. The Labute approximate surface area is 85.5 Å². The van der Waals surface area contributed by atoms with Crippen LogP contribution in [0.2, 0.25) is 0 Å². The van der Waals surface area contributed by atoms with Crippen LogP contribution < -0.4 is 0 Å². The fraction of sp³-hybridized carbons (Fsp3) is 0.800. The van der Waals surface area contributed by atoms with Crippen LogP contribution in [0.15, 0.2) is 0 Å². The molecule has 0 saturated heterocycles. The van der Waals surface area contributed by atoms with Gasteiger partial charge >= 0.3 is 5.97 Å². The Morgan fingerprint density at radius 1 is 1.57 bits per heavy atom. The molecule has 0 radical (unpaired) electrons. The molecule has 80 valence electrons. The molecule has 0 atom stereocenters. The van der Waals surface area contributed by atoms with E-state index in [1.807, 2.05) is 25.7 Å². The minimum atomic E-state index is -0.222. The monoisotopic (exact) mass is 198 g/mol. The molecule has 0 aromatic rings. The molecule has 0 aromatic carbocycles. The number of likely N-dealkylation sites (N-methyl/N-ethyl adjacent to an activating group) is 1. The van der Waals surface area contributed by atoms with Crippen molar-refractivity contribution >= 4 is 5.97 Å². The highest BCUT2D eigenvalue weighted by molar-refractivity contribution is 5.71. The van der Waals surface area contributed by atoms with Crippen molar-refractivity contribution in [1.82, 2.24) is 4.90 Å². The Morgan fingerprint density at radius 3 is 2.64 bits per heavy atom. The Hall–Kier alpha value is -1.08. The van der Waals surface area contributed by atoms with Crippen LogP contribution >= 0.6 is 0 Å². The first-order chi connectivity index (χ1) is 6.60. The van der Waals surface area contributed by atoms with Gasteiger partial charge in [-0.2, -0.15) is 5.26 Å². The first-order valence-electron chi connectivity index (χ1n) is 4.89. The van der Waals surface area contributed by atoms with Crippen LogP contribution in [0.4, 0.5) is 0 Å². The first kappa shape index (κ1) is 12.9. The van der Waals surface area contributed by atoms with Crippen LogP contribution in [-0.4, -0.2) is 36.6 Å². The predicted molar refractivity (Wildman–Crippen MR) is 53.6 cm³/mol. The van der Waals surface area contributed by atoms with Crippen LogP contribution in [0.3, 0.4) is 0 Å². The van der Waals surface area contributed by atoms with Gasteiger partial charge in [-0.3, -0.25) is 9.69 Å². The summed E-state index contributed by atoms with van der Waals surface area (Å²) in [6, 6.07) is 2.05. The highest BCUT2D eigenvalue weighted by Crippen LogP contribution is 1.95. The summed E-state index contributed by atoms with van der Waals surface area (Å²) in [7, 11) is 0. The van der Waals surface area contributed by atoms with Gasteiger partial charge < -0.3 is 4.74 Å². The van der Waals surface area contributed by atoms with Gasteiger partial charge in [-0.05, 0) is 20.4 Å². The normalized spacial score (nSPS) is 10.3. The average Bonchev–Trinajstić information content (AvgIpc) is 2.10. The summed E-state index contributed by atoms with van der Waals surface area (Å²) in [5, 5.41) is 8.40. The molecular weight excluding hydrogens is 180 g/mol. The number of hydrogen-bond acceptors (Lipinski definition) is 4. The maximum Gasteiger partial charge on any atom is 0.320 e. The maximum atomic E-state index is 11.2. The lowest BCUT2D eigenvalue weighted by Gasteiger charge is -2.18. The van der Waals surface area contributed by atoms with Gasteiger partial charge in [-0.25, -0.2) is 0 Å². The number of esters is 1. The third kappa shape index (κ3) is 6.44. The number of carbonyl (C=O) groups excluding carboxylic acids is 1. The molecule has 0 rings (SSSR count). The van der Waals surface area contributed by atoms with E-state index in [0.717, 1.165) is 6.54 Å². The average molecular weight is 198 g/mol. The quantitative estimate of drug-likeness (QED) is 0.601. The zero-order valence-electron chi connectivity index (χ0n) is 9.12. The van der Waals surface area contributed by atoms with Gasteiger partial charge in [-0.1, -0.05) is 6.92 Å². The van der Waals surface area contributed by atoms with Crippen LogP contribution in [0.5, 0.6) is 0 Å². The second-order valence-corrected chi connectivity index (χ2v) is 3.32. The van der Waals surface area contributed by atoms with Crippen molar-refractivity contribution in [2.45, 2.75) is 33.3 Å². The number of ether oxygens (including phenoxy) is 1. The van der Waals surface area contributed by atoms with E-state index in [-0.39, 0.29) is 18.6 Å². The molecule has 0 unspecified atom stereocenters. The van der Waals surface area contributed by atoms with E-state index in [2.05, 4.69) is 6.07 Å². The largest absolute Gasteiger partial charge is 0.462 e. The standard InChI is InChI=1S/C10H18N2O2/c1-4-12(7-5-6-11)8-10(13)14-9(2)3/h9H,4-5,7-8H2,1-3H3. The predicted octanol–water partition coefficient (Wildman–Crippen LogP) is 1.17. The topological polar surface area (TPSA) is 53.3 Å². The van der Waals surface area contributed by atoms with Gasteiger partial charge in [0, 0.05) is 13.0 Å². The summed E-state index contributed by atoms with van der Waals surface area (Å²) >= 11 is 0. The molecule has 14 heavy (non-hydrogen) atoms. The molecule has 0 spiro atoms. The lowest BCUT2D eigenvalue weighted by Crippen LogP contribution is -2.32. The maximum absolute atomic E-state index is 11.2. The fourth-order valence-electron chi connectivity index (χ4n) is 1.04. The first-order valence-corrected chi connectivity index (χ1v) is 4.89. The molecule has 0 aliphatic rings. The molecule has 0 fully saturated rings. The van der Waals surface area contributed by atoms with E-state index < -0.39 is 0 Å². The van der Waals surface area contributed by atoms with Crippen molar-refractivity contribution in [3.8, 4) is 6.07 Å².